The molecule has 7 heteroatoms. The van der Waals surface area contributed by atoms with Crippen molar-refractivity contribution in [2.75, 3.05) is 0 Å². The molecule has 0 aliphatic carbocycles. The zero-order valence-corrected chi connectivity index (χ0v) is 8.85. The molecule has 0 spiro atoms. The van der Waals surface area contributed by atoms with Crippen molar-refractivity contribution in [1.82, 2.24) is 14.6 Å². The number of aromatic carboxylic acids is 1. The third-order valence-corrected chi connectivity index (χ3v) is 2.62. The number of carboxylic acids is 1. The van der Waals surface area contributed by atoms with Crippen LogP contribution in [0.5, 0.6) is 0 Å². The molecular weight excluding hydrogens is 241 g/mol. The minimum atomic E-state index is -1.25. The van der Waals surface area contributed by atoms with Crippen molar-refractivity contribution in [1.29, 1.82) is 0 Å². The van der Waals surface area contributed by atoms with Crippen LogP contribution in [0.15, 0.2) is 29.1 Å². The summed E-state index contributed by atoms with van der Waals surface area (Å²) in [5.74, 6) is -1.83. The van der Waals surface area contributed by atoms with E-state index in [4.69, 9.17) is 5.11 Å². The summed E-state index contributed by atoms with van der Waals surface area (Å²) >= 11 is 0. The number of fused-ring (bicyclic) bond motifs is 2. The smallest absolute Gasteiger partial charge is 0.356 e. The first kappa shape index (κ1) is 10.5. The van der Waals surface area contributed by atoms with E-state index in [1.165, 1.54) is 24.3 Å². The normalized spacial score (nSPS) is 11.2. The molecule has 0 radical (unpaired) electrons. The lowest BCUT2D eigenvalue weighted by Crippen LogP contribution is -2.16. The van der Waals surface area contributed by atoms with Crippen LogP contribution in [0.2, 0.25) is 0 Å². The monoisotopic (exact) mass is 247 g/mol. The fourth-order valence-corrected chi connectivity index (χ4v) is 1.80. The first-order chi connectivity index (χ1) is 8.58. The zero-order chi connectivity index (χ0) is 12.9. The Balaban J connectivity index is 2.53. The summed E-state index contributed by atoms with van der Waals surface area (Å²) in [5, 5.41) is 12.6. The van der Waals surface area contributed by atoms with E-state index in [-0.39, 0.29) is 22.2 Å². The minimum absolute atomic E-state index is 0.0341. The summed E-state index contributed by atoms with van der Waals surface area (Å²) in [5.41, 5.74) is -0.674. The van der Waals surface area contributed by atoms with Gasteiger partial charge < -0.3 is 10.1 Å². The number of nitrogens with one attached hydrogen (secondary N) is 1. The number of para-hydroxylation sites is 1. The average molecular weight is 247 g/mol. The highest BCUT2D eigenvalue weighted by atomic mass is 19.1. The van der Waals surface area contributed by atoms with Crippen molar-refractivity contribution in [3.8, 4) is 0 Å². The maximum atomic E-state index is 13.5. The van der Waals surface area contributed by atoms with Crippen molar-refractivity contribution in [2.45, 2.75) is 0 Å². The second-order valence-electron chi connectivity index (χ2n) is 3.72. The Morgan fingerprint density at radius 3 is 2.94 bits per heavy atom. The van der Waals surface area contributed by atoms with Gasteiger partial charge >= 0.3 is 5.97 Å². The first-order valence-corrected chi connectivity index (χ1v) is 5.01. The van der Waals surface area contributed by atoms with E-state index in [9.17, 15) is 14.0 Å². The van der Waals surface area contributed by atoms with Crippen LogP contribution in [0.25, 0.3) is 16.6 Å². The van der Waals surface area contributed by atoms with E-state index >= 15 is 0 Å². The summed E-state index contributed by atoms with van der Waals surface area (Å²) in [6.45, 7) is 0. The van der Waals surface area contributed by atoms with E-state index < -0.39 is 17.3 Å². The summed E-state index contributed by atoms with van der Waals surface area (Å²) in [7, 11) is 0. The second-order valence-corrected chi connectivity index (χ2v) is 3.72. The Bertz CT molecular complexity index is 850. The molecule has 0 bridgehead atoms. The molecule has 3 aromatic rings. The van der Waals surface area contributed by atoms with Gasteiger partial charge in [0.1, 0.15) is 11.5 Å². The van der Waals surface area contributed by atoms with Gasteiger partial charge in [0.25, 0.3) is 5.56 Å². The number of aromatic nitrogens is 3. The molecular formula is C11H6FN3O3. The van der Waals surface area contributed by atoms with Gasteiger partial charge in [-0.15, -0.1) is 0 Å². The van der Waals surface area contributed by atoms with Crippen molar-refractivity contribution in [3.63, 3.8) is 0 Å². The van der Waals surface area contributed by atoms with Gasteiger partial charge in [-0.3, -0.25) is 4.79 Å². The number of benzene rings is 1. The van der Waals surface area contributed by atoms with E-state index in [0.717, 1.165) is 4.52 Å². The number of hydrogen-bond acceptors (Lipinski definition) is 3. The first-order valence-electron chi connectivity index (χ1n) is 5.01. The van der Waals surface area contributed by atoms with Gasteiger partial charge in [-0.25, -0.2) is 9.18 Å². The Hall–Kier alpha value is -2.70. The molecule has 0 aliphatic rings. The fourth-order valence-electron chi connectivity index (χ4n) is 1.80. The molecule has 2 N–H and O–H groups in total. The third kappa shape index (κ3) is 1.30. The van der Waals surface area contributed by atoms with Crippen LogP contribution in [-0.4, -0.2) is 25.7 Å². The molecule has 1 aromatic carbocycles. The number of rotatable bonds is 1. The number of nitrogens with zero attached hydrogens (tertiary/aromatic N) is 2. The number of carbonyl (C=O) groups is 1. The highest BCUT2D eigenvalue weighted by Crippen LogP contribution is 2.13. The average Bonchev–Trinajstić information content (AvgIpc) is 2.75. The highest BCUT2D eigenvalue weighted by molar-refractivity contribution is 5.87. The van der Waals surface area contributed by atoms with E-state index in [2.05, 4.69) is 10.1 Å². The summed E-state index contributed by atoms with van der Waals surface area (Å²) in [6.07, 6.45) is 0. The molecule has 2 heterocycles. The summed E-state index contributed by atoms with van der Waals surface area (Å²) in [4.78, 5) is 25.4. The van der Waals surface area contributed by atoms with Gasteiger partial charge in [0.05, 0.1) is 10.9 Å². The number of H-pyrrole nitrogens is 1. The standard InChI is InChI=1S/C11H6FN3O3/c12-6-3-1-2-5-9(6)13-8-4-7(11(17)18)14-15(8)10(5)16/h1-4,13H,(H,17,18). The minimum Gasteiger partial charge on any atom is -0.476 e. The maximum absolute atomic E-state index is 13.5. The molecule has 0 aliphatic heterocycles. The number of halogens is 1. The van der Waals surface area contributed by atoms with Crippen molar-refractivity contribution in [3.05, 3.63) is 46.1 Å². The fraction of sp³-hybridized carbons (Fsp3) is 0. The molecule has 0 amide bonds. The van der Waals surface area contributed by atoms with Crippen LogP contribution in [0.3, 0.4) is 0 Å². The van der Waals surface area contributed by atoms with Crippen LogP contribution in [0.1, 0.15) is 10.5 Å². The van der Waals surface area contributed by atoms with Crippen LogP contribution in [-0.2, 0) is 0 Å². The van der Waals surface area contributed by atoms with E-state index in [1.807, 2.05) is 0 Å². The van der Waals surface area contributed by atoms with Gasteiger partial charge in [0.2, 0.25) is 0 Å². The quantitative estimate of drug-likeness (QED) is 0.671. The number of aromatic amines is 1. The van der Waals surface area contributed by atoms with Crippen LogP contribution in [0.4, 0.5) is 4.39 Å². The Kier molecular flexibility index (Phi) is 1.97. The summed E-state index contributed by atoms with van der Waals surface area (Å²) in [6, 6.07) is 5.23. The Labute approximate surface area is 98.3 Å². The topological polar surface area (TPSA) is 87.5 Å². The zero-order valence-electron chi connectivity index (χ0n) is 8.85. The highest BCUT2D eigenvalue weighted by Gasteiger charge is 2.14. The third-order valence-electron chi connectivity index (χ3n) is 2.62. The van der Waals surface area contributed by atoms with Crippen LogP contribution < -0.4 is 5.56 Å². The van der Waals surface area contributed by atoms with Gasteiger partial charge in [-0.2, -0.15) is 9.61 Å². The lowest BCUT2D eigenvalue weighted by Gasteiger charge is -2.00. The van der Waals surface area contributed by atoms with Crippen LogP contribution >= 0.6 is 0 Å². The molecule has 3 rings (SSSR count). The summed E-state index contributed by atoms with van der Waals surface area (Å²) < 4.78 is 14.5. The van der Waals surface area contributed by atoms with E-state index in [0.29, 0.717) is 0 Å². The molecule has 2 aromatic heterocycles. The predicted molar refractivity (Wildman–Crippen MR) is 60.2 cm³/mol. The lowest BCUT2D eigenvalue weighted by atomic mass is 10.2. The van der Waals surface area contributed by atoms with Gasteiger partial charge in [-0.1, -0.05) is 6.07 Å². The van der Waals surface area contributed by atoms with E-state index in [1.54, 1.807) is 0 Å². The van der Waals surface area contributed by atoms with Crippen molar-refractivity contribution in [2.24, 2.45) is 0 Å². The van der Waals surface area contributed by atoms with Crippen LogP contribution in [0, 0.1) is 5.82 Å². The lowest BCUT2D eigenvalue weighted by molar-refractivity contribution is 0.0690. The molecule has 0 saturated heterocycles. The second kappa shape index (κ2) is 3.39. The van der Waals surface area contributed by atoms with Gasteiger partial charge in [0.15, 0.2) is 5.69 Å². The predicted octanol–water partition coefficient (Wildman–Crippen LogP) is 1.01. The maximum Gasteiger partial charge on any atom is 0.356 e. The molecule has 0 fully saturated rings. The van der Waals surface area contributed by atoms with Gasteiger partial charge in [0, 0.05) is 6.07 Å². The molecule has 18 heavy (non-hydrogen) atoms. The molecule has 0 saturated carbocycles. The molecule has 0 atom stereocenters. The Morgan fingerprint density at radius 2 is 2.22 bits per heavy atom. The largest absolute Gasteiger partial charge is 0.476 e. The molecule has 6 nitrogen and oxygen atoms in total. The van der Waals surface area contributed by atoms with Crippen molar-refractivity contribution < 1.29 is 14.3 Å². The Morgan fingerprint density at radius 1 is 1.44 bits per heavy atom. The van der Waals surface area contributed by atoms with Crippen molar-refractivity contribution >= 4 is 22.5 Å². The molecule has 0 unspecified atom stereocenters. The SMILES string of the molecule is O=C(O)c1cc2[nH]c3c(F)cccc3c(=O)n2n1. The number of hydrogen-bond donors (Lipinski definition) is 2. The van der Waals surface area contributed by atoms with Gasteiger partial charge in [-0.05, 0) is 12.1 Å². The molecule has 90 valence electrons. The number of carboxylic acid groups (broad SMARTS) is 1.